The Balaban J connectivity index is 1.98. The van der Waals surface area contributed by atoms with Crippen LogP contribution < -0.4 is 9.47 Å². The van der Waals surface area contributed by atoms with E-state index >= 15 is 0 Å². The fourth-order valence-electron chi connectivity index (χ4n) is 2.10. The monoisotopic (exact) mass is 317 g/mol. The number of hydrogen-bond donors (Lipinski definition) is 0. The Bertz CT molecular complexity index is 761. The third-order valence-corrected chi connectivity index (χ3v) is 5.25. The van der Waals surface area contributed by atoms with Gasteiger partial charge in [-0.3, -0.25) is 0 Å². The van der Waals surface area contributed by atoms with Crippen molar-refractivity contribution < 1.29 is 9.47 Å². The van der Waals surface area contributed by atoms with Gasteiger partial charge in [0.25, 0.3) is 0 Å². The van der Waals surface area contributed by atoms with E-state index in [0.29, 0.717) is 0 Å². The molecule has 0 spiro atoms. The molecule has 0 amide bonds. The van der Waals surface area contributed by atoms with Crippen molar-refractivity contribution in [2.45, 2.75) is 6.92 Å². The smallest absolute Gasteiger partial charge is 0.161 e. The maximum Gasteiger partial charge on any atom is 0.161 e. The summed E-state index contributed by atoms with van der Waals surface area (Å²) in [6.07, 6.45) is 0. The molecule has 108 valence electrons. The maximum absolute atomic E-state index is 5.35. The first kappa shape index (κ1) is 14.1. The van der Waals surface area contributed by atoms with Crippen LogP contribution in [-0.2, 0) is 0 Å². The van der Waals surface area contributed by atoms with Gasteiger partial charge in [0.05, 0.1) is 24.8 Å². The molecule has 0 fully saturated rings. The number of hydrogen-bond acceptors (Lipinski definition) is 5. The van der Waals surface area contributed by atoms with Crippen LogP contribution in [0.25, 0.3) is 21.1 Å². The van der Waals surface area contributed by atoms with Crippen molar-refractivity contribution in [2.75, 3.05) is 14.2 Å². The van der Waals surface area contributed by atoms with Crippen molar-refractivity contribution in [1.29, 1.82) is 0 Å². The SMILES string of the molecule is COc1ccc(-c2csc(-c3sccc3C)n2)cc1OC. The van der Waals surface area contributed by atoms with Crippen molar-refractivity contribution in [2.24, 2.45) is 0 Å². The van der Waals surface area contributed by atoms with Crippen molar-refractivity contribution in [3.63, 3.8) is 0 Å². The highest BCUT2D eigenvalue weighted by Gasteiger charge is 2.12. The normalized spacial score (nSPS) is 10.6. The fraction of sp³-hybridized carbons (Fsp3) is 0.188. The second kappa shape index (κ2) is 5.87. The van der Waals surface area contributed by atoms with Gasteiger partial charge in [0.2, 0.25) is 0 Å². The van der Waals surface area contributed by atoms with Crippen LogP contribution >= 0.6 is 22.7 Å². The van der Waals surface area contributed by atoms with Gasteiger partial charge in [-0.2, -0.15) is 0 Å². The number of thiazole rings is 1. The first-order chi connectivity index (χ1) is 10.2. The molecular weight excluding hydrogens is 302 g/mol. The van der Waals surface area contributed by atoms with E-state index in [9.17, 15) is 0 Å². The van der Waals surface area contributed by atoms with E-state index < -0.39 is 0 Å². The summed E-state index contributed by atoms with van der Waals surface area (Å²) in [4.78, 5) is 5.99. The van der Waals surface area contributed by atoms with Crippen LogP contribution in [0.1, 0.15) is 5.56 Å². The molecule has 1 aromatic carbocycles. The van der Waals surface area contributed by atoms with Gasteiger partial charge >= 0.3 is 0 Å². The highest BCUT2D eigenvalue weighted by molar-refractivity contribution is 7.20. The predicted molar refractivity (Wildman–Crippen MR) is 88.7 cm³/mol. The topological polar surface area (TPSA) is 31.4 Å². The molecular formula is C16H15NO2S2. The summed E-state index contributed by atoms with van der Waals surface area (Å²) in [6.45, 7) is 2.11. The Morgan fingerprint density at radius 1 is 1.00 bits per heavy atom. The maximum atomic E-state index is 5.35. The van der Waals surface area contributed by atoms with Gasteiger partial charge < -0.3 is 9.47 Å². The van der Waals surface area contributed by atoms with Gasteiger partial charge in [0, 0.05) is 10.9 Å². The summed E-state index contributed by atoms with van der Waals surface area (Å²) in [5.74, 6) is 1.45. The molecule has 0 radical (unpaired) electrons. The van der Waals surface area contributed by atoms with Crippen molar-refractivity contribution >= 4 is 22.7 Å². The molecule has 0 bridgehead atoms. The standard InChI is InChI=1S/C16H15NO2S2/c1-10-6-7-20-15(10)16-17-12(9-21-16)11-4-5-13(18-2)14(8-11)19-3/h4-9H,1-3H3. The van der Waals surface area contributed by atoms with Crippen molar-refractivity contribution in [1.82, 2.24) is 4.98 Å². The van der Waals surface area contributed by atoms with Crippen LogP contribution in [0.2, 0.25) is 0 Å². The number of aryl methyl sites for hydroxylation is 1. The summed E-state index contributed by atoms with van der Waals surface area (Å²) >= 11 is 3.40. The van der Waals surface area contributed by atoms with Gasteiger partial charge in [-0.05, 0) is 42.1 Å². The van der Waals surface area contributed by atoms with Crippen LogP contribution in [0.3, 0.4) is 0 Å². The lowest BCUT2D eigenvalue weighted by atomic mass is 10.1. The van der Waals surface area contributed by atoms with E-state index in [1.807, 2.05) is 18.2 Å². The molecule has 0 unspecified atom stereocenters. The minimum absolute atomic E-state index is 0.719. The minimum atomic E-state index is 0.719. The molecule has 21 heavy (non-hydrogen) atoms. The molecule has 0 atom stereocenters. The highest BCUT2D eigenvalue weighted by atomic mass is 32.1. The highest BCUT2D eigenvalue weighted by Crippen LogP contribution is 2.36. The molecule has 2 heterocycles. The number of rotatable bonds is 4. The molecule has 0 saturated carbocycles. The van der Waals surface area contributed by atoms with Crippen LogP contribution in [0.5, 0.6) is 11.5 Å². The molecule has 2 aromatic heterocycles. The zero-order chi connectivity index (χ0) is 14.8. The lowest BCUT2D eigenvalue weighted by Gasteiger charge is -2.08. The van der Waals surface area contributed by atoms with Gasteiger partial charge in [-0.1, -0.05) is 0 Å². The predicted octanol–water partition coefficient (Wildman–Crippen LogP) is 4.86. The molecule has 0 saturated heterocycles. The molecule has 0 N–H and O–H groups in total. The minimum Gasteiger partial charge on any atom is -0.493 e. The Labute approximate surface area is 131 Å². The molecule has 0 aliphatic heterocycles. The van der Waals surface area contributed by atoms with E-state index in [2.05, 4.69) is 23.8 Å². The number of aromatic nitrogens is 1. The Hall–Kier alpha value is -1.85. The number of ether oxygens (including phenoxy) is 2. The largest absolute Gasteiger partial charge is 0.493 e. The quantitative estimate of drug-likeness (QED) is 0.688. The van der Waals surface area contributed by atoms with E-state index in [1.165, 1.54) is 10.4 Å². The molecule has 0 aliphatic carbocycles. The Morgan fingerprint density at radius 3 is 2.48 bits per heavy atom. The number of thiophene rings is 1. The van der Waals surface area contributed by atoms with E-state index in [0.717, 1.165) is 27.8 Å². The lowest BCUT2D eigenvalue weighted by Crippen LogP contribution is -1.90. The van der Waals surface area contributed by atoms with Crippen molar-refractivity contribution in [3.05, 3.63) is 40.6 Å². The number of nitrogens with zero attached hydrogens (tertiary/aromatic N) is 1. The van der Waals surface area contributed by atoms with E-state index in [4.69, 9.17) is 14.5 Å². The average molecular weight is 317 g/mol. The summed E-state index contributed by atoms with van der Waals surface area (Å²) in [7, 11) is 3.28. The Kier molecular flexibility index (Phi) is 3.94. The van der Waals surface area contributed by atoms with Crippen LogP contribution in [-0.4, -0.2) is 19.2 Å². The number of benzene rings is 1. The summed E-state index contributed by atoms with van der Waals surface area (Å²) < 4.78 is 10.6. The van der Waals surface area contributed by atoms with Crippen molar-refractivity contribution in [3.8, 4) is 32.6 Å². The average Bonchev–Trinajstić information content (AvgIpc) is 3.15. The zero-order valence-electron chi connectivity index (χ0n) is 12.0. The van der Waals surface area contributed by atoms with E-state index in [1.54, 1.807) is 36.9 Å². The number of methoxy groups -OCH3 is 2. The second-order valence-corrected chi connectivity index (χ2v) is 6.31. The first-order valence-corrected chi connectivity index (χ1v) is 8.21. The molecule has 0 aliphatic rings. The second-order valence-electron chi connectivity index (χ2n) is 4.54. The lowest BCUT2D eigenvalue weighted by molar-refractivity contribution is 0.355. The zero-order valence-corrected chi connectivity index (χ0v) is 13.7. The summed E-state index contributed by atoms with van der Waals surface area (Å²) in [5.41, 5.74) is 3.27. The van der Waals surface area contributed by atoms with Crippen LogP contribution in [0.15, 0.2) is 35.0 Å². The Morgan fingerprint density at radius 2 is 1.81 bits per heavy atom. The summed E-state index contributed by atoms with van der Waals surface area (Å²) in [5, 5.41) is 5.24. The molecule has 3 nitrogen and oxygen atoms in total. The van der Waals surface area contributed by atoms with Gasteiger partial charge in [0.15, 0.2) is 11.5 Å². The van der Waals surface area contributed by atoms with Gasteiger partial charge in [-0.15, -0.1) is 22.7 Å². The summed E-state index contributed by atoms with van der Waals surface area (Å²) in [6, 6.07) is 7.99. The third kappa shape index (κ3) is 2.66. The molecule has 5 heteroatoms. The van der Waals surface area contributed by atoms with Gasteiger partial charge in [-0.25, -0.2) is 4.98 Å². The van der Waals surface area contributed by atoms with Gasteiger partial charge in [0.1, 0.15) is 5.01 Å². The van der Waals surface area contributed by atoms with Crippen LogP contribution in [0.4, 0.5) is 0 Å². The first-order valence-electron chi connectivity index (χ1n) is 6.45. The van der Waals surface area contributed by atoms with E-state index in [-0.39, 0.29) is 0 Å². The van der Waals surface area contributed by atoms with Crippen LogP contribution in [0, 0.1) is 6.92 Å². The molecule has 3 rings (SSSR count). The third-order valence-electron chi connectivity index (χ3n) is 3.24. The molecule has 3 aromatic rings. The fourth-order valence-corrected chi connectivity index (χ4v) is 4.03.